The molecule has 2 aromatic heterocycles. The van der Waals surface area contributed by atoms with E-state index in [9.17, 15) is 5.11 Å². The van der Waals surface area contributed by atoms with Crippen molar-refractivity contribution in [1.82, 2.24) is 0 Å². The monoisotopic (exact) mass is 192 g/mol. The molecule has 2 rings (SSSR count). The van der Waals surface area contributed by atoms with Crippen LogP contribution in [0, 0.1) is 6.92 Å². The molecule has 0 aliphatic rings. The summed E-state index contributed by atoms with van der Waals surface area (Å²) < 4.78 is 10.3. The van der Waals surface area contributed by atoms with Gasteiger partial charge in [-0.15, -0.1) is 0 Å². The summed E-state index contributed by atoms with van der Waals surface area (Å²) in [4.78, 5) is 0. The highest BCUT2D eigenvalue weighted by Gasteiger charge is 2.12. The number of hydrogen-bond donors (Lipinski definition) is 1. The molecule has 0 saturated heterocycles. The molecule has 0 amide bonds. The fraction of sp³-hybridized carbons (Fsp3) is 0.273. The molecule has 2 heterocycles. The van der Waals surface area contributed by atoms with Crippen molar-refractivity contribution >= 4 is 0 Å². The number of aliphatic hydroxyl groups excluding tert-OH is 1. The van der Waals surface area contributed by atoms with Gasteiger partial charge in [0.2, 0.25) is 0 Å². The summed E-state index contributed by atoms with van der Waals surface area (Å²) in [5.74, 6) is 1.34. The minimum absolute atomic E-state index is 0.446. The first-order valence-corrected chi connectivity index (χ1v) is 4.51. The normalized spacial score (nSPS) is 13.0. The van der Waals surface area contributed by atoms with Gasteiger partial charge in [-0.05, 0) is 30.7 Å². The molecule has 0 aliphatic heterocycles. The smallest absolute Gasteiger partial charge is 0.132 e. The van der Waals surface area contributed by atoms with E-state index in [0.717, 1.165) is 11.3 Å². The van der Waals surface area contributed by atoms with Gasteiger partial charge in [0, 0.05) is 6.42 Å². The Hall–Kier alpha value is -1.48. The molecule has 0 spiro atoms. The second-order valence-electron chi connectivity index (χ2n) is 3.33. The van der Waals surface area contributed by atoms with Crippen LogP contribution < -0.4 is 0 Å². The third-order valence-corrected chi connectivity index (χ3v) is 2.05. The van der Waals surface area contributed by atoms with Crippen molar-refractivity contribution in [3.8, 4) is 0 Å². The Morgan fingerprint density at radius 3 is 2.86 bits per heavy atom. The van der Waals surface area contributed by atoms with Crippen molar-refractivity contribution in [2.75, 3.05) is 0 Å². The lowest BCUT2D eigenvalue weighted by atomic mass is 10.1. The first kappa shape index (κ1) is 9.09. The highest BCUT2D eigenvalue weighted by molar-refractivity contribution is 5.13. The number of aryl methyl sites for hydroxylation is 1. The highest BCUT2D eigenvalue weighted by atomic mass is 16.4. The molecule has 0 fully saturated rings. The summed E-state index contributed by atoms with van der Waals surface area (Å²) in [5, 5.41) is 9.72. The summed E-state index contributed by atoms with van der Waals surface area (Å²) in [7, 11) is 0. The SMILES string of the molecule is Cc1coc(CC(O)c2ccco2)c1. The van der Waals surface area contributed by atoms with Crippen LogP contribution in [0.4, 0.5) is 0 Å². The van der Waals surface area contributed by atoms with Gasteiger partial charge in [0.05, 0.1) is 12.5 Å². The van der Waals surface area contributed by atoms with Gasteiger partial charge in [-0.1, -0.05) is 0 Å². The van der Waals surface area contributed by atoms with Crippen LogP contribution in [-0.4, -0.2) is 5.11 Å². The van der Waals surface area contributed by atoms with Gasteiger partial charge in [-0.3, -0.25) is 0 Å². The molecule has 3 heteroatoms. The molecule has 0 aromatic carbocycles. The van der Waals surface area contributed by atoms with Crippen LogP contribution in [0.5, 0.6) is 0 Å². The molecule has 0 aliphatic carbocycles. The maximum absolute atomic E-state index is 9.72. The molecule has 1 N–H and O–H groups in total. The van der Waals surface area contributed by atoms with Crippen LogP contribution >= 0.6 is 0 Å². The molecule has 0 radical (unpaired) electrons. The molecule has 1 unspecified atom stereocenters. The quantitative estimate of drug-likeness (QED) is 0.812. The fourth-order valence-corrected chi connectivity index (χ4v) is 1.37. The maximum atomic E-state index is 9.72. The van der Waals surface area contributed by atoms with E-state index >= 15 is 0 Å². The van der Waals surface area contributed by atoms with Gasteiger partial charge >= 0.3 is 0 Å². The van der Waals surface area contributed by atoms with Gasteiger partial charge in [0.15, 0.2) is 0 Å². The standard InChI is InChI=1S/C11H12O3/c1-8-5-9(14-7-8)6-10(12)11-3-2-4-13-11/h2-5,7,10,12H,6H2,1H3. The lowest BCUT2D eigenvalue weighted by molar-refractivity contribution is 0.143. The van der Waals surface area contributed by atoms with Crippen molar-refractivity contribution < 1.29 is 13.9 Å². The number of hydrogen-bond acceptors (Lipinski definition) is 3. The molecular weight excluding hydrogens is 180 g/mol. The Labute approximate surface area is 82.0 Å². The lowest BCUT2D eigenvalue weighted by Crippen LogP contribution is -1.98. The van der Waals surface area contributed by atoms with E-state index in [0.29, 0.717) is 12.2 Å². The predicted octanol–water partition coefficient (Wildman–Crippen LogP) is 2.46. The van der Waals surface area contributed by atoms with Crippen LogP contribution in [0.3, 0.4) is 0 Å². The Morgan fingerprint density at radius 2 is 2.29 bits per heavy atom. The Bertz CT molecular complexity index is 386. The minimum Gasteiger partial charge on any atom is -0.469 e. The summed E-state index contributed by atoms with van der Waals surface area (Å²) in [6, 6.07) is 5.42. The average molecular weight is 192 g/mol. The highest BCUT2D eigenvalue weighted by Crippen LogP contribution is 2.19. The van der Waals surface area contributed by atoms with Crippen LogP contribution in [0.2, 0.25) is 0 Å². The van der Waals surface area contributed by atoms with Crippen molar-refractivity contribution in [1.29, 1.82) is 0 Å². The van der Waals surface area contributed by atoms with E-state index in [1.54, 1.807) is 24.7 Å². The largest absolute Gasteiger partial charge is 0.469 e. The molecule has 14 heavy (non-hydrogen) atoms. The van der Waals surface area contributed by atoms with E-state index in [4.69, 9.17) is 8.83 Å². The van der Waals surface area contributed by atoms with E-state index in [1.807, 2.05) is 13.0 Å². The Morgan fingerprint density at radius 1 is 1.43 bits per heavy atom. The molecule has 1 atom stereocenters. The zero-order valence-electron chi connectivity index (χ0n) is 7.93. The van der Waals surface area contributed by atoms with E-state index in [1.165, 1.54) is 0 Å². The van der Waals surface area contributed by atoms with E-state index in [2.05, 4.69) is 0 Å². The predicted molar refractivity (Wildman–Crippen MR) is 50.8 cm³/mol. The molecule has 3 nitrogen and oxygen atoms in total. The summed E-state index contributed by atoms with van der Waals surface area (Å²) in [6.45, 7) is 1.95. The van der Waals surface area contributed by atoms with Gasteiger partial charge in [0.25, 0.3) is 0 Å². The minimum atomic E-state index is -0.629. The third-order valence-electron chi connectivity index (χ3n) is 2.05. The summed E-state index contributed by atoms with van der Waals surface area (Å²) in [5.41, 5.74) is 1.06. The zero-order chi connectivity index (χ0) is 9.97. The lowest BCUT2D eigenvalue weighted by Gasteiger charge is -2.04. The number of aliphatic hydroxyl groups is 1. The molecule has 74 valence electrons. The van der Waals surface area contributed by atoms with Crippen LogP contribution in [-0.2, 0) is 6.42 Å². The first-order valence-electron chi connectivity index (χ1n) is 4.51. The molecular formula is C11H12O3. The van der Waals surface area contributed by atoms with Crippen LogP contribution in [0.25, 0.3) is 0 Å². The van der Waals surface area contributed by atoms with Gasteiger partial charge < -0.3 is 13.9 Å². The fourth-order valence-electron chi connectivity index (χ4n) is 1.37. The number of furan rings is 2. The van der Waals surface area contributed by atoms with Gasteiger partial charge in [-0.25, -0.2) is 0 Å². The molecule has 0 bridgehead atoms. The van der Waals surface area contributed by atoms with E-state index < -0.39 is 6.10 Å². The topological polar surface area (TPSA) is 46.5 Å². The Kier molecular flexibility index (Phi) is 2.41. The van der Waals surface area contributed by atoms with Crippen molar-refractivity contribution in [3.05, 3.63) is 47.8 Å². The molecule has 2 aromatic rings. The van der Waals surface area contributed by atoms with Crippen molar-refractivity contribution in [2.24, 2.45) is 0 Å². The van der Waals surface area contributed by atoms with Crippen LogP contribution in [0.1, 0.15) is 23.2 Å². The average Bonchev–Trinajstić information content (AvgIpc) is 2.75. The molecule has 0 saturated carbocycles. The van der Waals surface area contributed by atoms with E-state index in [-0.39, 0.29) is 0 Å². The van der Waals surface area contributed by atoms with Gasteiger partial charge in [-0.2, -0.15) is 0 Å². The summed E-state index contributed by atoms with van der Waals surface area (Å²) >= 11 is 0. The summed E-state index contributed by atoms with van der Waals surface area (Å²) in [6.07, 6.45) is 3.04. The number of rotatable bonds is 3. The van der Waals surface area contributed by atoms with Gasteiger partial charge in [0.1, 0.15) is 17.6 Å². The van der Waals surface area contributed by atoms with Crippen LogP contribution in [0.15, 0.2) is 39.6 Å². The first-order chi connectivity index (χ1) is 6.75. The van der Waals surface area contributed by atoms with Crippen molar-refractivity contribution in [2.45, 2.75) is 19.4 Å². The zero-order valence-corrected chi connectivity index (χ0v) is 7.93. The second-order valence-corrected chi connectivity index (χ2v) is 3.33. The Balaban J connectivity index is 2.05. The maximum Gasteiger partial charge on any atom is 0.132 e. The third kappa shape index (κ3) is 1.88. The van der Waals surface area contributed by atoms with Crippen molar-refractivity contribution in [3.63, 3.8) is 0 Å². The second kappa shape index (κ2) is 3.72.